The van der Waals surface area contributed by atoms with E-state index in [4.69, 9.17) is 5.73 Å². The van der Waals surface area contributed by atoms with Crippen molar-refractivity contribution >= 4 is 12.4 Å². The van der Waals surface area contributed by atoms with Gasteiger partial charge in [0, 0.05) is 0 Å². The van der Waals surface area contributed by atoms with E-state index in [2.05, 4.69) is 6.92 Å². The normalized spacial score (nSPS) is 10.6. The Hall–Kier alpha value is 0.250. The van der Waals surface area contributed by atoms with Crippen molar-refractivity contribution in [2.75, 3.05) is 6.54 Å². The van der Waals surface area contributed by atoms with Gasteiger partial charge in [0.25, 0.3) is 0 Å². The third-order valence-electron chi connectivity index (χ3n) is 4.31. The second-order valence-electron chi connectivity index (χ2n) is 6.45. The van der Waals surface area contributed by atoms with Crippen LogP contribution in [0.4, 0.5) is 0 Å². The molecule has 0 aliphatic rings. The molecule has 0 aliphatic carbocycles. The molecule has 0 saturated carbocycles. The predicted molar refractivity (Wildman–Crippen MR) is 100 cm³/mol. The number of hydrogen-bond acceptors (Lipinski definition) is 1. The van der Waals surface area contributed by atoms with Gasteiger partial charge in [-0.15, -0.1) is 12.4 Å². The monoisotopic (exact) mass is 319 g/mol. The van der Waals surface area contributed by atoms with Crippen LogP contribution in [-0.2, 0) is 0 Å². The zero-order chi connectivity index (χ0) is 14.7. The van der Waals surface area contributed by atoms with E-state index in [0.717, 1.165) is 6.54 Å². The molecule has 2 heteroatoms. The minimum absolute atomic E-state index is 0. The van der Waals surface area contributed by atoms with Gasteiger partial charge in [-0.25, -0.2) is 0 Å². The van der Waals surface area contributed by atoms with Crippen LogP contribution in [0.3, 0.4) is 0 Å². The highest BCUT2D eigenvalue weighted by Gasteiger charge is 1.94. The van der Waals surface area contributed by atoms with Gasteiger partial charge in [-0.1, -0.05) is 110 Å². The molecule has 0 aromatic carbocycles. The minimum atomic E-state index is 0. The van der Waals surface area contributed by atoms with Crippen molar-refractivity contribution in [1.82, 2.24) is 0 Å². The minimum Gasteiger partial charge on any atom is -0.330 e. The summed E-state index contributed by atoms with van der Waals surface area (Å²) in [4.78, 5) is 0. The van der Waals surface area contributed by atoms with Gasteiger partial charge < -0.3 is 5.73 Å². The molecule has 1 nitrogen and oxygen atoms in total. The molecule has 2 N–H and O–H groups in total. The highest BCUT2D eigenvalue weighted by molar-refractivity contribution is 5.85. The number of unbranched alkanes of at least 4 members (excludes halogenated alkanes) is 16. The predicted octanol–water partition coefficient (Wildman–Crippen LogP) is 7.02. The Morgan fingerprint density at radius 3 is 0.905 bits per heavy atom. The zero-order valence-corrected chi connectivity index (χ0v) is 15.5. The SMILES string of the molecule is CCCCCCCCCCCCCCCCCCCN.Cl. The lowest BCUT2D eigenvalue weighted by molar-refractivity contribution is 0.527. The van der Waals surface area contributed by atoms with Gasteiger partial charge in [0.05, 0.1) is 0 Å². The molecule has 0 saturated heterocycles. The largest absolute Gasteiger partial charge is 0.330 e. The van der Waals surface area contributed by atoms with E-state index in [1.165, 1.54) is 109 Å². The lowest BCUT2D eigenvalue weighted by atomic mass is 10.0. The van der Waals surface area contributed by atoms with Crippen LogP contribution in [0.15, 0.2) is 0 Å². The maximum atomic E-state index is 5.49. The van der Waals surface area contributed by atoms with E-state index in [9.17, 15) is 0 Å². The van der Waals surface area contributed by atoms with Crippen molar-refractivity contribution in [1.29, 1.82) is 0 Å². The first-order valence-electron chi connectivity index (χ1n) is 9.62. The van der Waals surface area contributed by atoms with E-state index in [1.54, 1.807) is 0 Å². The first-order valence-corrected chi connectivity index (χ1v) is 9.62. The van der Waals surface area contributed by atoms with Gasteiger partial charge in [-0.05, 0) is 13.0 Å². The molecule has 0 unspecified atom stereocenters. The average molecular weight is 320 g/mol. The van der Waals surface area contributed by atoms with E-state index in [0.29, 0.717) is 0 Å². The van der Waals surface area contributed by atoms with Gasteiger partial charge >= 0.3 is 0 Å². The number of hydrogen-bond donors (Lipinski definition) is 1. The van der Waals surface area contributed by atoms with Crippen LogP contribution in [0.5, 0.6) is 0 Å². The topological polar surface area (TPSA) is 26.0 Å². The Bertz CT molecular complexity index is 144. The van der Waals surface area contributed by atoms with Crippen molar-refractivity contribution in [3.63, 3.8) is 0 Å². The summed E-state index contributed by atoms with van der Waals surface area (Å²) in [7, 11) is 0. The third kappa shape index (κ3) is 22.7. The molecular weight excluding hydrogens is 278 g/mol. The van der Waals surface area contributed by atoms with E-state index >= 15 is 0 Å². The van der Waals surface area contributed by atoms with Crippen LogP contribution in [0.2, 0.25) is 0 Å². The number of nitrogens with two attached hydrogens (primary N) is 1. The molecule has 0 bridgehead atoms. The van der Waals surface area contributed by atoms with Crippen molar-refractivity contribution < 1.29 is 0 Å². The highest BCUT2D eigenvalue weighted by atomic mass is 35.5. The Balaban J connectivity index is 0. The fraction of sp³-hybridized carbons (Fsp3) is 1.00. The quantitative estimate of drug-likeness (QED) is 0.286. The smallest absolute Gasteiger partial charge is 0.00773 e. The second-order valence-corrected chi connectivity index (χ2v) is 6.45. The summed E-state index contributed by atoms with van der Waals surface area (Å²) in [6.45, 7) is 3.17. The van der Waals surface area contributed by atoms with E-state index < -0.39 is 0 Å². The fourth-order valence-electron chi connectivity index (χ4n) is 2.87. The Morgan fingerprint density at radius 1 is 0.429 bits per heavy atom. The first-order chi connectivity index (χ1) is 9.91. The summed E-state index contributed by atoms with van der Waals surface area (Å²) in [5.41, 5.74) is 5.49. The van der Waals surface area contributed by atoms with Gasteiger partial charge in [-0.3, -0.25) is 0 Å². The Labute approximate surface area is 141 Å². The Morgan fingerprint density at radius 2 is 0.667 bits per heavy atom. The summed E-state index contributed by atoms with van der Waals surface area (Å²) in [5, 5.41) is 0. The molecule has 0 aromatic heterocycles. The van der Waals surface area contributed by atoms with Crippen LogP contribution in [0.1, 0.15) is 116 Å². The molecule has 21 heavy (non-hydrogen) atoms. The Kier molecular flexibility index (Phi) is 25.2. The standard InChI is InChI=1S/C19H41N.ClH/c1-2-3-4-5-6-7-8-9-10-11-12-13-14-15-16-17-18-19-20;/h2-20H2,1H3;1H. The molecule has 0 spiro atoms. The second kappa shape index (κ2) is 22.5. The van der Waals surface area contributed by atoms with Crippen LogP contribution in [-0.4, -0.2) is 6.54 Å². The van der Waals surface area contributed by atoms with Gasteiger partial charge in [0.1, 0.15) is 0 Å². The molecule has 0 fully saturated rings. The molecular formula is C19H42ClN. The van der Waals surface area contributed by atoms with Crippen molar-refractivity contribution in [2.24, 2.45) is 5.73 Å². The molecule has 0 heterocycles. The molecule has 0 aliphatic heterocycles. The lowest BCUT2D eigenvalue weighted by Crippen LogP contribution is -1.97. The van der Waals surface area contributed by atoms with Crippen LogP contribution >= 0.6 is 12.4 Å². The molecule has 0 amide bonds. The maximum Gasteiger partial charge on any atom is -0.00773 e. The summed E-state index contributed by atoms with van der Waals surface area (Å²) in [6.07, 6.45) is 24.3. The summed E-state index contributed by atoms with van der Waals surface area (Å²) < 4.78 is 0. The number of rotatable bonds is 17. The van der Waals surface area contributed by atoms with Gasteiger partial charge in [0.2, 0.25) is 0 Å². The average Bonchev–Trinajstić information content (AvgIpc) is 2.47. The summed E-state index contributed by atoms with van der Waals surface area (Å²) in [6, 6.07) is 0. The van der Waals surface area contributed by atoms with Crippen LogP contribution in [0.25, 0.3) is 0 Å². The molecule has 0 aromatic rings. The zero-order valence-electron chi connectivity index (χ0n) is 14.7. The van der Waals surface area contributed by atoms with Gasteiger partial charge in [0.15, 0.2) is 0 Å². The van der Waals surface area contributed by atoms with Crippen molar-refractivity contribution in [3.05, 3.63) is 0 Å². The number of halogens is 1. The fourth-order valence-corrected chi connectivity index (χ4v) is 2.87. The highest BCUT2D eigenvalue weighted by Crippen LogP contribution is 2.13. The third-order valence-corrected chi connectivity index (χ3v) is 4.31. The van der Waals surface area contributed by atoms with Crippen LogP contribution < -0.4 is 5.73 Å². The maximum absolute atomic E-state index is 5.49. The van der Waals surface area contributed by atoms with E-state index in [1.807, 2.05) is 0 Å². The van der Waals surface area contributed by atoms with Crippen molar-refractivity contribution in [2.45, 2.75) is 116 Å². The van der Waals surface area contributed by atoms with Gasteiger partial charge in [-0.2, -0.15) is 0 Å². The summed E-state index contributed by atoms with van der Waals surface area (Å²) >= 11 is 0. The first kappa shape index (κ1) is 23.5. The molecule has 0 rings (SSSR count). The molecule has 0 radical (unpaired) electrons. The molecule has 0 atom stereocenters. The van der Waals surface area contributed by atoms with Crippen molar-refractivity contribution in [3.8, 4) is 0 Å². The van der Waals surface area contributed by atoms with E-state index in [-0.39, 0.29) is 12.4 Å². The summed E-state index contributed by atoms with van der Waals surface area (Å²) in [5.74, 6) is 0. The lowest BCUT2D eigenvalue weighted by Gasteiger charge is -2.03. The molecule has 130 valence electrons. The van der Waals surface area contributed by atoms with Crippen LogP contribution in [0, 0.1) is 0 Å².